The number of nitrogens with zero attached hydrogens (tertiary/aromatic N) is 2. The molecular formula is C13H14BrN3. The van der Waals surface area contributed by atoms with E-state index in [4.69, 9.17) is 0 Å². The van der Waals surface area contributed by atoms with Gasteiger partial charge in [0.1, 0.15) is 5.82 Å². The van der Waals surface area contributed by atoms with Gasteiger partial charge < -0.3 is 5.32 Å². The third-order valence-corrected chi connectivity index (χ3v) is 2.97. The molecule has 0 amide bonds. The van der Waals surface area contributed by atoms with Crippen LogP contribution in [0.25, 0.3) is 11.3 Å². The summed E-state index contributed by atoms with van der Waals surface area (Å²) in [7, 11) is 1.93. The van der Waals surface area contributed by atoms with Crippen LogP contribution < -0.4 is 5.32 Å². The Bertz CT molecular complexity index is 482. The molecule has 3 nitrogen and oxygen atoms in total. The van der Waals surface area contributed by atoms with Gasteiger partial charge in [0.2, 0.25) is 0 Å². The first-order valence-corrected chi connectivity index (χ1v) is 6.31. The second kappa shape index (κ2) is 5.89. The molecule has 0 aliphatic rings. The molecule has 0 fully saturated rings. The molecule has 0 atom stereocenters. The van der Waals surface area contributed by atoms with Crippen LogP contribution in [-0.4, -0.2) is 23.6 Å². The predicted octanol–water partition coefficient (Wildman–Crippen LogP) is 2.67. The van der Waals surface area contributed by atoms with Crippen molar-refractivity contribution in [1.29, 1.82) is 0 Å². The van der Waals surface area contributed by atoms with Gasteiger partial charge in [-0.3, -0.25) is 0 Å². The van der Waals surface area contributed by atoms with E-state index in [1.807, 2.05) is 43.6 Å². The van der Waals surface area contributed by atoms with Gasteiger partial charge in [0.05, 0.1) is 5.69 Å². The molecule has 0 radical (unpaired) electrons. The molecule has 0 aliphatic heterocycles. The Morgan fingerprint density at radius 2 is 1.94 bits per heavy atom. The van der Waals surface area contributed by atoms with Crippen LogP contribution in [0.2, 0.25) is 0 Å². The highest BCUT2D eigenvalue weighted by Gasteiger charge is 2.01. The summed E-state index contributed by atoms with van der Waals surface area (Å²) in [6, 6.07) is 10.1. The standard InChI is InChI=1S/C13H14BrN3/c1-15-8-7-13-16-9-6-12(17-13)10-2-4-11(14)5-3-10/h2-6,9,15H,7-8H2,1H3. The van der Waals surface area contributed by atoms with Gasteiger partial charge in [-0.2, -0.15) is 0 Å². The summed E-state index contributed by atoms with van der Waals surface area (Å²) < 4.78 is 1.07. The molecule has 0 bridgehead atoms. The zero-order valence-corrected chi connectivity index (χ0v) is 11.2. The fourth-order valence-electron chi connectivity index (χ4n) is 1.54. The van der Waals surface area contributed by atoms with Crippen LogP contribution in [0.4, 0.5) is 0 Å². The maximum Gasteiger partial charge on any atom is 0.130 e. The van der Waals surface area contributed by atoms with Crippen LogP contribution in [0.1, 0.15) is 5.82 Å². The Kier molecular flexibility index (Phi) is 4.23. The summed E-state index contributed by atoms with van der Waals surface area (Å²) in [5.41, 5.74) is 2.08. The van der Waals surface area contributed by atoms with Gasteiger partial charge in [-0.15, -0.1) is 0 Å². The number of benzene rings is 1. The van der Waals surface area contributed by atoms with E-state index in [9.17, 15) is 0 Å². The molecule has 1 N–H and O–H groups in total. The number of hydrogen-bond acceptors (Lipinski definition) is 3. The lowest BCUT2D eigenvalue weighted by Gasteiger charge is -2.04. The van der Waals surface area contributed by atoms with Gasteiger partial charge in [-0.1, -0.05) is 28.1 Å². The van der Waals surface area contributed by atoms with Crippen molar-refractivity contribution >= 4 is 15.9 Å². The van der Waals surface area contributed by atoms with Gasteiger partial charge >= 0.3 is 0 Å². The predicted molar refractivity (Wildman–Crippen MR) is 72.8 cm³/mol. The number of halogens is 1. The second-order valence-electron chi connectivity index (χ2n) is 3.72. The van der Waals surface area contributed by atoms with E-state index in [2.05, 4.69) is 31.2 Å². The van der Waals surface area contributed by atoms with Gasteiger partial charge in [0.15, 0.2) is 0 Å². The maximum atomic E-state index is 4.54. The molecule has 17 heavy (non-hydrogen) atoms. The third kappa shape index (κ3) is 3.35. The molecule has 2 rings (SSSR count). The lowest BCUT2D eigenvalue weighted by atomic mass is 10.1. The van der Waals surface area contributed by atoms with Gasteiger partial charge in [0, 0.05) is 29.2 Å². The van der Waals surface area contributed by atoms with E-state index >= 15 is 0 Å². The summed E-state index contributed by atoms with van der Waals surface area (Å²) in [5.74, 6) is 0.875. The minimum absolute atomic E-state index is 0.848. The summed E-state index contributed by atoms with van der Waals surface area (Å²) in [6.45, 7) is 0.893. The summed E-state index contributed by atoms with van der Waals surface area (Å²) in [4.78, 5) is 8.80. The number of aromatic nitrogens is 2. The van der Waals surface area contributed by atoms with Crippen molar-refractivity contribution in [3.05, 3.63) is 46.8 Å². The largest absolute Gasteiger partial charge is 0.319 e. The van der Waals surface area contributed by atoms with Crippen LogP contribution in [-0.2, 0) is 6.42 Å². The second-order valence-corrected chi connectivity index (χ2v) is 4.63. The SMILES string of the molecule is CNCCc1nccc(-c2ccc(Br)cc2)n1. The van der Waals surface area contributed by atoms with E-state index in [0.717, 1.165) is 34.5 Å². The summed E-state index contributed by atoms with van der Waals surface area (Å²) >= 11 is 3.43. The topological polar surface area (TPSA) is 37.8 Å². The first-order chi connectivity index (χ1) is 8.29. The van der Waals surface area contributed by atoms with Crippen LogP contribution in [0, 0.1) is 0 Å². The number of likely N-dealkylation sites (N-methyl/N-ethyl adjacent to an activating group) is 1. The Labute approximate surface area is 109 Å². The number of hydrogen-bond donors (Lipinski definition) is 1. The molecular weight excluding hydrogens is 278 g/mol. The molecule has 1 aromatic carbocycles. The number of nitrogens with one attached hydrogen (secondary N) is 1. The first kappa shape index (κ1) is 12.2. The van der Waals surface area contributed by atoms with Crippen molar-refractivity contribution < 1.29 is 0 Å². The Balaban J connectivity index is 2.23. The van der Waals surface area contributed by atoms with E-state index in [1.54, 1.807) is 0 Å². The van der Waals surface area contributed by atoms with Crippen molar-refractivity contribution in [2.45, 2.75) is 6.42 Å². The van der Waals surface area contributed by atoms with E-state index < -0.39 is 0 Å². The molecule has 88 valence electrons. The molecule has 1 aromatic heterocycles. The molecule has 0 unspecified atom stereocenters. The summed E-state index contributed by atoms with van der Waals surface area (Å²) in [6.07, 6.45) is 2.66. The van der Waals surface area contributed by atoms with Crippen molar-refractivity contribution in [1.82, 2.24) is 15.3 Å². The van der Waals surface area contributed by atoms with Crippen LogP contribution in [0.15, 0.2) is 41.0 Å². The first-order valence-electron chi connectivity index (χ1n) is 5.52. The highest BCUT2D eigenvalue weighted by Crippen LogP contribution is 2.19. The van der Waals surface area contributed by atoms with E-state index in [-0.39, 0.29) is 0 Å². The third-order valence-electron chi connectivity index (χ3n) is 2.44. The zero-order chi connectivity index (χ0) is 12.1. The molecule has 1 heterocycles. The van der Waals surface area contributed by atoms with Crippen LogP contribution >= 0.6 is 15.9 Å². The quantitative estimate of drug-likeness (QED) is 0.941. The highest BCUT2D eigenvalue weighted by atomic mass is 79.9. The molecule has 0 saturated heterocycles. The van der Waals surface area contributed by atoms with Crippen LogP contribution in [0.5, 0.6) is 0 Å². The summed E-state index contributed by atoms with van der Waals surface area (Å²) in [5, 5.41) is 3.10. The molecule has 0 saturated carbocycles. The maximum absolute atomic E-state index is 4.54. The van der Waals surface area contributed by atoms with E-state index in [1.165, 1.54) is 0 Å². The fraction of sp³-hybridized carbons (Fsp3) is 0.231. The average Bonchev–Trinajstić information content (AvgIpc) is 2.37. The Hall–Kier alpha value is -1.26. The van der Waals surface area contributed by atoms with Crippen molar-refractivity contribution in [3.63, 3.8) is 0 Å². The Morgan fingerprint density at radius 1 is 1.18 bits per heavy atom. The van der Waals surface area contributed by atoms with Gasteiger partial charge in [-0.25, -0.2) is 9.97 Å². The minimum Gasteiger partial charge on any atom is -0.319 e. The Morgan fingerprint density at radius 3 is 2.65 bits per heavy atom. The zero-order valence-electron chi connectivity index (χ0n) is 9.65. The lowest BCUT2D eigenvalue weighted by molar-refractivity contribution is 0.756. The average molecular weight is 292 g/mol. The normalized spacial score (nSPS) is 10.5. The van der Waals surface area contributed by atoms with Crippen LogP contribution in [0.3, 0.4) is 0 Å². The van der Waals surface area contributed by atoms with E-state index in [0.29, 0.717) is 0 Å². The minimum atomic E-state index is 0.848. The van der Waals surface area contributed by atoms with Gasteiger partial charge in [0.25, 0.3) is 0 Å². The molecule has 0 spiro atoms. The molecule has 4 heteroatoms. The van der Waals surface area contributed by atoms with Crippen molar-refractivity contribution in [2.75, 3.05) is 13.6 Å². The van der Waals surface area contributed by atoms with Gasteiger partial charge in [-0.05, 0) is 25.2 Å². The van der Waals surface area contributed by atoms with Crippen molar-refractivity contribution in [3.8, 4) is 11.3 Å². The smallest absolute Gasteiger partial charge is 0.130 e. The molecule has 2 aromatic rings. The molecule has 0 aliphatic carbocycles. The monoisotopic (exact) mass is 291 g/mol. The highest BCUT2D eigenvalue weighted by molar-refractivity contribution is 9.10. The lowest BCUT2D eigenvalue weighted by Crippen LogP contribution is -2.12. The number of rotatable bonds is 4. The van der Waals surface area contributed by atoms with Crippen molar-refractivity contribution in [2.24, 2.45) is 0 Å². The fourth-order valence-corrected chi connectivity index (χ4v) is 1.80.